The molecule has 26 heavy (non-hydrogen) atoms. The Morgan fingerprint density at radius 1 is 1.31 bits per heavy atom. The third-order valence-corrected chi connectivity index (χ3v) is 4.17. The summed E-state index contributed by atoms with van der Waals surface area (Å²) in [7, 11) is 1.86. The van der Waals surface area contributed by atoms with Gasteiger partial charge in [-0.2, -0.15) is 10.2 Å². The SMILES string of the molecule is CCc1nc(-c2cccc(NC(=O)NC(CC)c3ccnn3C)c2)n[nH]1. The first-order chi connectivity index (χ1) is 12.6. The zero-order valence-electron chi connectivity index (χ0n) is 15.2. The van der Waals surface area contributed by atoms with E-state index in [0.29, 0.717) is 11.5 Å². The number of hydrogen-bond acceptors (Lipinski definition) is 4. The number of aryl methyl sites for hydroxylation is 2. The van der Waals surface area contributed by atoms with Crippen LogP contribution in [0.1, 0.15) is 37.8 Å². The minimum absolute atomic E-state index is 0.106. The lowest BCUT2D eigenvalue weighted by atomic mass is 10.1. The van der Waals surface area contributed by atoms with Crippen molar-refractivity contribution in [2.24, 2.45) is 7.05 Å². The second-order valence-electron chi connectivity index (χ2n) is 5.98. The lowest BCUT2D eigenvalue weighted by Crippen LogP contribution is -2.33. The smallest absolute Gasteiger partial charge is 0.319 e. The van der Waals surface area contributed by atoms with Gasteiger partial charge in [0.1, 0.15) is 5.82 Å². The van der Waals surface area contributed by atoms with Crippen LogP contribution in [0, 0.1) is 0 Å². The summed E-state index contributed by atoms with van der Waals surface area (Å²) in [4.78, 5) is 16.8. The summed E-state index contributed by atoms with van der Waals surface area (Å²) in [6.07, 6.45) is 3.28. The molecule has 136 valence electrons. The van der Waals surface area contributed by atoms with Crippen LogP contribution < -0.4 is 10.6 Å². The van der Waals surface area contributed by atoms with Gasteiger partial charge >= 0.3 is 6.03 Å². The second kappa shape index (κ2) is 7.81. The van der Waals surface area contributed by atoms with Crippen LogP contribution in [0.5, 0.6) is 0 Å². The predicted molar refractivity (Wildman–Crippen MR) is 99.6 cm³/mol. The molecule has 2 aromatic heterocycles. The zero-order valence-corrected chi connectivity index (χ0v) is 15.2. The molecule has 2 heterocycles. The molecule has 0 aliphatic heterocycles. The largest absolute Gasteiger partial charge is 0.330 e. The predicted octanol–water partition coefficient (Wildman–Crippen LogP) is 3.04. The van der Waals surface area contributed by atoms with Crippen LogP contribution in [-0.4, -0.2) is 31.0 Å². The van der Waals surface area contributed by atoms with Crippen LogP contribution in [0.2, 0.25) is 0 Å². The average Bonchev–Trinajstić information content (AvgIpc) is 3.29. The Hall–Kier alpha value is -3.16. The molecule has 8 nitrogen and oxygen atoms in total. The minimum atomic E-state index is -0.264. The molecule has 0 aliphatic carbocycles. The first kappa shape index (κ1) is 17.7. The summed E-state index contributed by atoms with van der Waals surface area (Å²) in [6.45, 7) is 4.03. The number of anilines is 1. The highest BCUT2D eigenvalue weighted by atomic mass is 16.2. The first-order valence-corrected chi connectivity index (χ1v) is 8.67. The van der Waals surface area contributed by atoms with E-state index in [-0.39, 0.29) is 12.1 Å². The number of benzene rings is 1. The third-order valence-electron chi connectivity index (χ3n) is 4.17. The van der Waals surface area contributed by atoms with Gasteiger partial charge in [0.15, 0.2) is 5.82 Å². The monoisotopic (exact) mass is 353 g/mol. The van der Waals surface area contributed by atoms with Crippen LogP contribution in [0.15, 0.2) is 36.5 Å². The van der Waals surface area contributed by atoms with Crippen LogP contribution in [-0.2, 0) is 13.5 Å². The maximum absolute atomic E-state index is 12.4. The molecule has 8 heteroatoms. The number of aromatic nitrogens is 5. The maximum Gasteiger partial charge on any atom is 0.319 e. The van der Waals surface area contributed by atoms with E-state index in [2.05, 4.69) is 30.9 Å². The number of nitrogens with zero attached hydrogens (tertiary/aromatic N) is 4. The highest BCUT2D eigenvalue weighted by molar-refractivity contribution is 5.90. The molecule has 1 aromatic carbocycles. The summed E-state index contributed by atoms with van der Waals surface area (Å²) in [5.74, 6) is 1.45. The number of H-pyrrole nitrogens is 1. The molecule has 3 rings (SSSR count). The van der Waals surface area contributed by atoms with Gasteiger partial charge in [0.25, 0.3) is 0 Å². The Labute approximate surface area is 152 Å². The number of urea groups is 1. The number of aromatic amines is 1. The molecule has 3 aromatic rings. The van der Waals surface area contributed by atoms with E-state index in [1.54, 1.807) is 10.9 Å². The van der Waals surface area contributed by atoms with E-state index in [1.165, 1.54) is 0 Å². The average molecular weight is 353 g/mol. The molecule has 1 atom stereocenters. The van der Waals surface area contributed by atoms with Crippen molar-refractivity contribution in [1.29, 1.82) is 0 Å². The van der Waals surface area contributed by atoms with E-state index in [9.17, 15) is 4.79 Å². The topological polar surface area (TPSA) is 101 Å². The van der Waals surface area contributed by atoms with Crippen molar-refractivity contribution in [2.75, 3.05) is 5.32 Å². The van der Waals surface area contributed by atoms with E-state index >= 15 is 0 Å². The lowest BCUT2D eigenvalue weighted by molar-refractivity contribution is 0.247. The quantitative estimate of drug-likeness (QED) is 0.634. The van der Waals surface area contributed by atoms with Crippen molar-refractivity contribution in [2.45, 2.75) is 32.7 Å². The molecular weight excluding hydrogens is 330 g/mol. The number of hydrogen-bond donors (Lipinski definition) is 3. The van der Waals surface area contributed by atoms with Gasteiger partial charge < -0.3 is 10.6 Å². The molecule has 0 radical (unpaired) electrons. The Kier molecular flexibility index (Phi) is 5.31. The minimum Gasteiger partial charge on any atom is -0.330 e. The fraction of sp³-hybridized carbons (Fsp3) is 0.333. The van der Waals surface area contributed by atoms with Gasteiger partial charge in [0, 0.05) is 30.9 Å². The van der Waals surface area contributed by atoms with Gasteiger partial charge in [-0.05, 0) is 24.6 Å². The maximum atomic E-state index is 12.4. The Morgan fingerprint density at radius 2 is 2.15 bits per heavy atom. The Balaban J connectivity index is 1.69. The summed E-state index contributed by atoms with van der Waals surface area (Å²) in [5, 5.41) is 17.1. The van der Waals surface area contributed by atoms with E-state index < -0.39 is 0 Å². The summed E-state index contributed by atoms with van der Waals surface area (Å²) in [6, 6.07) is 9.00. The van der Waals surface area contributed by atoms with Crippen LogP contribution >= 0.6 is 0 Å². The zero-order chi connectivity index (χ0) is 18.5. The van der Waals surface area contributed by atoms with Crippen molar-refractivity contribution in [3.05, 3.63) is 48.0 Å². The fourth-order valence-electron chi connectivity index (χ4n) is 2.76. The van der Waals surface area contributed by atoms with Gasteiger partial charge in [-0.15, -0.1) is 0 Å². The van der Waals surface area contributed by atoms with Gasteiger partial charge in [-0.1, -0.05) is 26.0 Å². The van der Waals surface area contributed by atoms with E-state index in [0.717, 1.165) is 29.9 Å². The molecular formula is C18H23N7O. The molecule has 0 fully saturated rings. The number of amides is 2. The van der Waals surface area contributed by atoms with Gasteiger partial charge in [-0.3, -0.25) is 9.78 Å². The van der Waals surface area contributed by atoms with Crippen LogP contribution in [0.3, 0.4) is 0 Å². The standard InChI is InChI=1S/C18H23N7O/c1-4-14(15-9-10-19-25(15)3)21-18(26)20-13-8-6-7-12(11-13)17-22-16(5-2)23-24-17/h6-11,14H,4-5H2,1-3H3,(H2,20,21,26)(H,22,23,24). The van der Waals surface area contributed by atoms with Crippen molar-refractivity contribution in [3.8, 4) is 11.4 Å². The molecule has 2 amide bonds. The molecule has 0 saturated heterocycles. The van der Waals surface area contributed by atoms with E-state index in [1.807, 2.05) is 51.2 Å². The number of carbonyl (C=O) groups excluding carboxylic acids is 1. The van der Waals surface area contributed by atoms with Crippen LogP contribution in [0.25, 0.3) is 11.4 Å². The summed E-state index contributed by atoms with van der Waals surface area (Å²) < 4.78 is 1.77. The van der Waals surface area contributed by atoms with Crippen LogP contribution in [0.4, 0.5) is 10.5 Å². The normalized spacial score (nSPS) is 12.0. The Morgan fingerprint density at radius 3 is 2.81 bits per heavy atom. The highest BCUT2D eigenvalue weighted by Crippen LogP contribution is 2.20. The van der Waals surface area contributed by atoms with E-state index in [4.69, 9.17) is 0 Å². The molecule has 3 N–H and O–H groups in total. The van der Waals surface area contributed by atoms with Crippen molar-refractivity contribution < 1.29 is 4.79 Å². The Bertz CT molecular complexity index is 883. The molecule has 0 saturated carbocycles. The second-order valence-corrected chi connectivity index (χ2v) is 5.98. The molecule has 1 unspecified atom stereocenters. The third kappa shape index (κ3) is 3.90. The van der Waals surface area contributed by atoms with Gasteiger partial charge in [0.2, 0.25) is 0 Å². The number of rotatable bonds is 6. The fourth-order valence-corrected chi connectivity index (χ4v) is 2.76. The van der Waals surface area contributed by atoms with Crippen molar-refractivity contribution >= 4 is 11.7 Å². The van der Waals surface area contributed by atoms with Gasteiger partial charge in [-0.25, -0.2) is 9.78 Å². The van der Waals surface area contributed by atoms with Crippen molar-refractivity contribution in [3.63, 3.8) is 0 Å². The molecule has 0 spiro atoms. The number of nitrogens with one attached hydrogen (secondary N) is 3. The first-order valence-electron chi connectivity index (χ1n) is 8.67. The molecule has 0 aliphatic rings. The molecule has 0 bridgehead atoms. The van der Waals surface area contributed by atoms with Crippen molar-refractivity contribution in [1.82, 2.24) is 30.3 Å². The van der Waals surface area contributed by atoms with Gasteiger partial charge in [0.05, 0.1) is 11.7 Å². The summed E-state index contributed by atoms with van der Waals surface area (Å²) in [5.41, 5.74) is 2.49. The number of carbonyl (C=O) groups is 1. The summed E-state index contributed by atoms with van der Waals surface area (Å²) >= 11 is 0. The highest BCUT2D eigenvalue weighted by Gasteiger charge is 2.16. The lowest BCUT2D eigenvalue weighted by Gasteiger charge is -2.18.